The second kappa shape index (κ2) is 8.29. The molecule has 2 fully saturated rings. The van der Waals surface area contributed by atoms with E-state index < -0.39 is 15.5 Å². The number of anilines is 1. The summed E-state index contributed by atoms with van der Waals surface area (Å²) in [6.45, 7) is 3.42. The van der Waals surface area contributed by atoms with Crippen LogP contribution in [0, 0.1) is 12.8 Å². The summed E-state index contributed by atoms with van der Waals surface area (Å²) in [6, 6.07) is 1.55. The number of nitrogens with zero attached hydrogens (tertiary/aromatic N) is 4. The molecule has 0 amide bonds. The molecule has 1 saturated heterocycles. The van der Waals surface area contributed by atoms with Gasteiger partial charge in [0.25, 0.3) is 5.56 Å². The third-order valence-corrected chi connectivity index (χ3v) is 8.15. The van der Waals surface area contributed by atoms with Gasteiger partial charge >= 0.3 is 15.5 Å². The molecular weight excluding hydrogens is 447 g/mol. The van der Waals surface area contributed by atoms with Crippen LogP contribution in [-0.2, 0) is 10.0 Å². The van der Waals surface area contributed by atoms with Crippen molar-refractivity contribution in [2.24, 2.45) is 5.92 Å². The Bertz CT molecular complexity index is 1170. The van der Waals surface area contributed by atoms with Crippen LogP contribution in [0.1, 0.15) is 50.6 Å². The van der Waals surface area contributed by atoms with Crippen LogP contribution in [0.15, 0.2) is 17.1 Å². The van der Waals surface area contributed by atoms with Crippen LogP contribution in [0.5, 0.6) is 0 Å². The van der Waals surface area contributed by atoms with Gasteiger partial charge in [-0.15, -0.1) is 0 Å². The lowest BCUT2D eigenvalue weighted by molar-refractivity contribution is -0.0494. The molecule has 0 bridgehead atoms. The van der Waals surface area contributed by atoms with Crippen LogP contribution in [-0.4, -0.2) is 51.9 Å². The van der Waals surface area contributed by atoms with Gasteiger partial charge in [-0.05, 0) is 44.6 Å². The van der Waals surface area contributed by atoms with Crippen molar-refractivity contribution in [3.8, 4) is 0 Å². The maximum absolute atomic E-state index is 13.0. The Kier molecular flexibility index (Phi) is 5.95. The topological polar surface area (TPSA) is 97.2 Å². The van der Waals surface area contributed by atoms with Gasteiger partial charge in [0, 0.05) is 42.3 Å². The zero-order valence-electron chi connectivity index (χ0n) is 17.9. The lowest BCUT2D eigenvalue weighted by Crippen LogP contribution is -2.47. The van der Waals surface area contributed by atoms with E-state index in [-0.39, 0.29) is 49.5 Å². The fraction of sp³-hybridized carbons (Fsp3) is 0.650. The molecule has 3 heterocycles. The predicted octanol–water partition coefficient (Wildman–Crippen LogP) is 3.19. The summed E-state index contributed by atoms with van der Waals surface area (Å²) in [4.78, 5) is 21.9. The molecule has 0 radical (unpaired) electrons. The van der Waals surface area contributed by atoms with Crippen molar-refractivity contribution in [2.45, 2.75) is 63.5 Å². The van der Waals surface area contributed by atoms with Gasteiger partial charge in [0.2, 0.25) is 5.95 Å². The quantitative estimate of drug-likeness (QED) is 0.733. The summed E-state index contributed by atoms with van der Waals surface area (Å²) in [6.07, 6.45) is 5.01. The van der Waals surface area contributed by atoms with Gasteiger partial charge in [-0.1, -0.05) is 13.3 Å². The van der Waals surface area contributed by atoms with Gasteiger partial charge in [0.1, 0.15) is 5.65 Å². The van der Waals surface area contributed by atoms with E-state index in [1.54, 1.807) is 23.8 Å². The van der Waals surface area contributed by atoms with Gasteiger partial charge in [-0.3, -0.25) is 9.36 Å². The highest BCUT2D eigenvalue weighted by atomic mass is 32.2. The lowest BCUT2D eigenvalue weighted by atomic mass is 10.1. The molecule has 0 aromatic carbocycles. The molecule has 2 aromatic heterocycles. The number of aromatic nitrogens is 3. The summed E-state index contributed by atoms with van der Waals surface area (Å²) in [5.41, 5.74) is -4.21. The lowest BCUT2D eigenvalue weighted by Gasteiger charge is -2.31. The van der Waals surface area contributed by atoms with Gasteiger partial charge in [0.15, 0.2) is 0 Å². The van der Waals surface area contributed by atoms with Crippen molar-refractivity contribution in [1.82, 2.24) is 18.8 Å². The van der Waals surface area contributed by atoms with Crippen LogP contribution in [0.2, 0.25) is 0 Å². The maximum Gasteiger partial charge on any atom is 0.511 e. The van der Waals surface area contributed by atoms with Crippen molar-refractivity contribution in [3.05, 3.63) is 28.2 Å². The zero-order chi connectivity index (χ0) is 23.3. The standard InChI is InChI=1S/C20H26F3N5O3S/c1-12-4-3-5-16(12)28-17-14(10-13(2)18(28)29)11-24-19(26-17)25-15-6-8-27(9-7-15)32(30,31)20(21,22)23/h10-12,15-16H,3-9H2,1-2H3,(H,24,25,26)/t12-,16+/m0/s1. The smallest absolute Gasteiger partial charge is 0.351 e. The third kappa shape index (κ3) is 4.09. The number of pyridine rings is 1. The first kappa shape index (κ1) is 23.0. The minimum Gasteiger partial charge on any atom is -0.351 e. The molecule has 176 valence electrons. The summed E-state index contributed by atoms with van der Waals surface area (Å²) < 4.78 is 63.7. The van der Waals surface area contributed by atoms with Crippen molar-refractivity contribution < 1.29 is 21.6 Å². The van der Waals surface area contributed by atoms with E-state index in [1.165, 1.54) is 0 Å². The molecule has 32 heavy (non-hydrogen) atoms. The third-order valence-electron chi connectivity index (χ3n) is 6.52. The Morgan fingerprint density at radius 1 is 1.16 bits per heavy atom. The number of alkyl halides is 3. The number of halogens is 3. The molecule has 2 aliphatic rings. The van der Waals surface area contributed by atoms with Gasteiger partial charge in [-0.2, -0.15) is 22.5 Å². The average molecular weight is 474 g/mol. The highest BCUT2D eigenvalue weighted by molar-refractivity contribution is 7.90. The van der Waals surface area contributed by atoms with E-state index >= 15 is 0 Å². The first-order valence-corrected chi connectivity index (χ1v) is 12.1. The van der Waals surface area contributed by atoms with E-state index in [0.29, 0.717) is 21.4 Å². The van der Waals surface area contributed by atoms with Crippen molar-refractivity contribution in [3.63, 3.8) is 0 Å². The first-order valence-electron chi connectivity index (χ1n) is 10.7. The van der Waals surface area contributed by atoms with Crippen LogP contribution < -0.4 is 10.9 Å². The van der Waals surface area contributed by atoms with Crippen LogP contribution in [0.3, 0.4) is 0 Å². The van der Waals surface area contributed by atoms with E-state index in [1.807, 2.05) is 0 Å². The summed E-state index contributed by atoms with van der Waals surface area (Å²) in [5.74, 6) is 0.626. The number of hydrogen-bond donors (Lipinski definition) is 1. The van der Waals surface area contributed by atoms with Crippen molar-refractivity contribution in [2.75, 3.05) is 18.4 Å². The number of piperidine rings is 1. The number of hydrogen-bond acceptors (Lipinski definition) is 6. The first-order chi connectivity index (χ1) is 15.0. The largest absolute Gasteiger partial charge is 0.511 e. The molecule has 2 aromatic rings. The summed E-state index contributed by atoms with van der Waals surface area (Å²) in [5, 5.41) is 3.85. The molecule has 4 rings (SSSR count). The Hall–Kier alpha value is -2.21. The van der Waals surface area contributed by atoms with Crippen LogP contribution in [0.25, 0.3) is 11.0 Å². The monoisotopic (exact) mass is 473 g/mol. The number of fused-ring (bicyclic) bond motifs is 1. The Morgan fingerprint density at radius 2 is 1.84 bits per heavy atom. The van der Waals surface area contributed by atoms with Gasteiger partial charge < -0.3 is 5.32 Å². The number of rotatable bonds is 4. The van der Waals surface area contributed by atoms with E-state index in [9.17, 15) is 26.4 Å². The molecule has 8 nitrogen and oxygen atoms in total. The van der Waals surface area contributed by atoms with Crippen LogP contribution in [0.4, 0.5) is 19.1 Å². The molecule has 12 heteroatoms. The fourth-order valence-electron chi connectivity index (χ4n) is 4.71. The molecule has 1 N–H and O–H groups in total. The highest BCUT2D eigenvalue weighted by Gasteiger charge is 2.50. The molecule has 1 aliphatic carbocycles. The average Bonchev–Trinajstić information content (AvgIpc) is 3.14. The fourth-order valence-corrected chi connectivity index (χ4v) is 5.70. The Labute approximate surface area is 183 Å². The minimum atomic E-state index is -5.32. The maximum atomic E-state index is 13.0. The van der Waals surface area contributed by atoms with Gasteiger partial charge in [0.05, 0.1) is 0 Å². The van der Waals surface area contributed by atoms with Crippen molar-refractivity contribution >= 4 is 27.0 Å². The van der Waals surface area contributed by atoms with E-state index in [2.05, 4.69) is 22.2 Å². The Morgan fingerprint density at radius 3 is 2.44 bits per heavy atom. The number of aryl methyl sites for hydroxylation is 1. The molecule has 0 unspecified atom stereocenters. The second-order valence-corrected chi connectivity index (χ2v) is 10.6. The summed E-state index contributed by atoms with van der Waals surface area (Å²) >= 11 is 0. The second-order valence-electron chi connectivity index (χ2n) is 8.72. The molecule has 1 aliphatic heterocycles. The molecular formula is C20H26F3N5O3S. The highest BCUT2D eigenvalue weighted by Crippen LogP contribution is 2.36. The molecule has 0 spiro atoms. The SMILES string of the molecule is Cc1cc2cnc(NC3CCN(S(=O)(=O)C(F)(F)F)CC3)nc2n([C@@H]2CCC[C@@H]2C)c1=O. The van der Waals surface area contributed by atoms with E-state index in [4.69, 9.17) is 0 Å². The van der Waals surface area contributed by atoms with Crippen molar-refractivity contribution in [1.29, 1.82) is 0 Å². The van der Waals surface area contributed by atoms with Crippen LogP contribution >= 0.6 is 0 Å². The van der Waals surface area contributed by atoms with Gasteiger partial charge in [-0.25, -0.2) is 13.4 Å². The van der Waals surface area contributed by atoms with E-state index in [0.717, 1.165) is 24.6 Å². The number of sulfonamides is 1. The summed E-state index contributed by atoms with van der Waals surface area (Å²) in [7, 11) is -5.32. The minimum absolute atomic E-state index is 0.0588. The molecule has 2 atom stereocenters. The molecule has 1 saturated carbocycles. The number of nitrogens with one attached hydrogen (secondary N) is 1. The predicted molar refractivity (Wildman–Crippen MR) is 114 cm³/mol. The Balaban J connectivity index is 1.57. The zero-order valence-corrected chi connectivity index (χ0v) is 18.7. The normalized spacial score (nSPS) is 23.7.